The van der Waals surface area contributed by atoms with E-state index in [9.17, 15) is 8.42 Å². The van der Waals surface area contributed by atoms with Crippen molar-refractivity contribution in [3.8, 4) is 5.75 Å². The third-order valence-corrected chi connectivity index (χ3v) is 4.68. The molecule has 0 unspecified atom stereocenters. The van der Waals surface area contributed by atoms with Crippen molar-refractivity contribution in [1.82, 2.24) is 4.98 Å². The summed E-state index contributed by atoms with van der Waals surface area (Å²) in [6.07, 6.45) is 0. The summed E-state index contributed by atoms with van der Waals surface area (Å²) in [5.74, 6) is 0.491. The van der Waals surface area contributed by atoms with Crippen molar-refractivity contribution in [2.45, 2.75) is 18.4 Å². The fourth-order valence-corrected chi connectivity index (χ4v) is 3.95. The van der Waals surface area contributed by atoms with E-state index in [2.05, 4.69) is 36.8 Å². The van der Waals surface area contributed by atoms with Gasteiger partial charge in [0.25, 0.3) is 0 Å². The van der Waals surface area contributed by atoms with E-state index in [1.54, 1.807) is 0 Å². The number of aromatic nitrogens is 1. The second kappa shape index (κ2) is 6.43. The second-order valence-electron chi connectivity index (χ2n) is 4.32. The van der Waals surface area contributed by atoms with Gasteiger partial charge in [0.15, 0.2) is 0 Å². The standard InChI is InChI=1S/C13H12Br2N2O3S/c1-8-3-2-4-9(17-8)7-20-13-11(14)5-10(6-12(13)15)21(16,18)19/h2-6H,7H2,1H3,(H2,16,18,19). The first-order valence-electron chi connectivity index (χ1n) is 5.84. The first-order chi connectivity index (χ1) is 9.77. The van der Waals surface area contributed by atoms with Crippen LogP contribution >= 0.6 is 31.9 Å². The van der Waals surface area contributed by atoms with Crippen LogP contribution in [0.25, 0.3) is 0 Å². The third-order valence-electron chi connectivity index (χ3n) is 2.61. The quantitative estimate of drug-likeness (QED) is 0.799. The van der Waals surface area contributed by atoms with Crippen molar-refractivity contribution in [2.24, 2.45) is 5.14 Å². The molecule has 1 aromatic heterocycles. The third kappa shape index (κ3) is 4.26. The molecule has 0 aliphatic carbocycles. The Morgan fingerprint density at radius 1 is 1.24 bits per heavy atom. The molecule has 0 fully saturated rings. The Hall–Kier alpha value is -0.960. The van der Waals surface area contributed by atoms with Crippen LogP contribution in [0.3, 0.4) is 0 Å². The van der Waals surface area contributed by atoms with Crippen LogP contribution in [0.1, 0.15) is 11.4 Å². The fourth-order valence-electron chi connectivity index (χ4n) is 1.66. The molecule has 2 N–H and O–H groups in total. The Bertz CT molecular complexity index is 756. The number of nitrogens with zero attached hydrogens (tertiary/aromatic N) is 1. The van der Waals surface area contributed by atoms with E-state index in [0.29, 0.717) is 14.7 Å². The number of rotatable bonds is 4. The largest absolute Gasteiger partial charge is 0.485 e. The maximum Gasteiger partial charge on any atom is 0.238 e. The van der Waals surface area contributed by atoms with E-state index in [4.69, 9.17) is 9.88 Å². The highest BCUT2D eigenvalue weighted by atomic mass is 79.9. The molecule has 0 bridgehead atoms. The summed E-state index contributed by atoms with van der Waals surface area (Å²) in [5.41, 5.74) is 1.68. The minimum absolute atomic E-state index is 0.00211. The Balaban J connectivity index is 2.25. The predicted octanol–water partition coefficient (Wildman–Crippen LogP) is 3.14. The molecule has 1 aromatic carbocycles. The minimum Gasteiger partial charge on any atom is -0.485 e. The summed E-state index contributed by atoms with van der Waals surface area (Å²) >= 11 is 6.57. The highest BCUT2D eigenvalue weighted by molar-refractivity contribution is 9.11. The zero-order valence-corrected chi connectivity index (χ0v) is 15.0. The number of hydrogen-bond donors (Lipinski definition) is 1. The minimum atomic E-state index is -3.77. The number of halogens is 2. The van der Waals surface area contributed by atoms with Gasteiger partial charge in [-0.1, -0.05) is 6.07 Å². The number of aryl methyl sites for hydroxylation is 1. The summed E-state index contributed by atoms with van der Waals surface area (Å²) in [6.45, 7) is 2.17. The molecular formula is C13H12Br2N2O3S. The Morgan fingerprint density at radius 3 is 2.38 bits per heavy atom. The van der Waals surface area contributed by atoms with Crippen molar-refractivity contribution < 1.29 is 13.2 Å². The van der Waals surface area contributed by atoms with Gasteiger partial charge in [-0.05, 0) is 63.0 Å². The average Bonchev–Trinajstić information content (AvgIpc) is 2.36. The molecule has 0 saturated carbocycles. The van der Waals surface area contributed by atoms with Gasteiger partial charge < -0.3 is 4.74 Å². The van der Waals surface area contributed by atoms with E-state index < -0.39 is 10.0 Å². The van der Waals surface area contributed by atoms with Crippen LogP contribution in [0.5, 0.6) is 5.75 Å². The van der Waals surface area contributed by atoms with Gasteiger partial charge in [-0.3, -0.25) is 4.98 Å². The van der Waals surface area contributed by atoms with Crippen molar-refractivity contribution in [2.75, 3.05) is 0 Å². The topological polar surface area (TPSA) is 82.3 Å². The molecule has 0 aliphatic rings. The number of nitrogens with two attached hydrogens (primary N) is 1. The van der Waals surface area contributed by atoms with Gasteiger partial charge in [0, 0.05) is 5.69 Å². The monoisotopic (exact) mass is 434 g/mol. The van der Waals surface area contributed by atoms with Crippen LogP contribution in [0, 0.1) is 6.92 Å². The zero-order chi connectivity index (χ0) is 15.6. The molecule has 8 heteroatoms. The number of ether oxygens (including phenoxy) is 1. The molecular weight excluding hydrogens is 424 g/mol. The van der Waals surface area contributed by atoms with Crippen LogP contribution in [0.4, 0.5) is 0 Å². The molecule has 0 saturated heterocycles. The van der Waals surface area contributed by atoms with E-state index in [1.165, 1.54) is 12.1 Å². The van der Waals surface area contributed by atoms with Gasteiger partial charge in [-0.15, -0.1) is 0 Å². The molecule has 0 atom stereocenters. The molecule has 1 heterocycles. The lowest BCUT2D eigenvalue weighted by Gasteiger charge is -2.11. The van der Waals surface area contributed by atoms with Crippen LogP contribution in [-0.4, -0.2) is 13.4 Å². The lowest BCUT2D eigenvalue weighted by Crippen LogP contribution is -2.12. The van der Waals surface area contributed by atoms with E-state index in [-0.39, 0.29) is 11.5 Å². The van der Waals surface area contributed by atoms with Gasteiger partial charge in [0.2, 0.25) is 10.0 Å². The van der Waals surface area contributed by atoms with Gasteiger partial charge in [-0.25, -0.2) is 13.6 Å². The maximum absolute atomic E-state index is 11.4. The lowest BCUT2D eigenvalue weighted by atomic mass is 10.3. The number of pyridine rings is 1. The molecule has 2 rings (SSSR count). The number of sulfonamides is 1. The first kappa shape index (κ1) is 16.4. The van der Waals surface area contributed by atoms with Crippen molar-refractivity contribution in [3.05, 3.63) is 50.7 Å². The van der Waals surface area contributed by atoms with Crippen LogP contribution in [0.2, 0.25) is 0 Å². The molecule has 0 radical (unpaired) electrons. The zero-order valence-electron chi connectivity index (χ0n) is 11.0. The summed E-state index contributed by atoms with van der Waals surface area (Å²) in [5, 5.41) is 5.11. The molecule has 112 valence electrons. The van der Waals surface area contributed by atoms with Crippen molar-refractivity contribution in [3.63, 3.8) is 0 Å². The summed E-state index contributed by atoms with van der Waals surface area (Å²) in [6, 6.07) is 8.46. The highest BCUT2D eigenvalue weighted by Crippen LogP contribution is 2.36. The maximum atomic E-state index is 11.4. The molecule has 5 nitrogen and oxygen atoms in total. The normalized spacial score (nSPS) is 11.4. The van der Waals surface area contributed by atoms with Gasteiger partial charge in [0.1, 0.15) is 12.4 Å². The average molecular weight is 436 g/mol. The van der Waals surface area contributed by atoms with Crippen molar-refractivity contribution in [1.29, 1.82) is 0 Å². The highest BCUT2D eigenvalue weighted by Gasteiger charge is 2.15. The Labute approximate surface area is 139 Å². The van der Waals surface area contributed by atoms with E-state index in [1.807, 2.05) is 25.1 Å². The molecule has 0 aliphatic heterocycles. The van der Waals surface area contributed by atoms with E-state index >= 15 is 0 Å². The second-order valence-corrected chi connectivity index (χ2v) is 7.59. The summed E-state index contributed by atoms with van der Waals surface area (Å²) < 4.78 is 29.4. The molecule has 0 spiro atoms. The summed E-state index contributed by atoms with van der Waals surface area (Å²) in [4.78, 5) is 4.34. The summed E-state index contributed by atoms with van der Waals surface area (Å²) in [7, 11) is -3.77. The number of primary sulfonamides is 1. The predicted molar refractivity (Wildman–Crippen MR) is 86.5 cm³/mol. The van der Waals surface area contributed by atoms with Crippen molar-refractivity contribution >= 4 is 41.9 Å². The van der Waals surface area contributed by atoms with Gasteiger partial charge in [-0.2, -0.15) is 0 Å². The van der Waals surface area contributed by atoms with E-state index in [0.717, 1.165) is 11.4 Å². The number of benzene rings is 1. The van der Waals surface area contributed by atoms with Gasteiger partial charge in [0.05, 0.1) is 19.5 Å². The van der Waals surface area contributed by atoms with Gasteiger partial charge >= 0.3 is 0 Å². The van der Waals surface area contributed by atoms with Crippen LogP contribution < -0.4 is 9.88 Å². The SMILES string of the molecule is Cc1cccc(COc2c(Br)cc(S(N)(=O)=O)cc2Br)n1. The molecule has 21 heavy (non-hydrogen) atoms. The molecule has 2 aromatic rings. The van der Waals surface area contributed by atoms with Crippen LogP contribution in [0.15, 0.2) is 44.2 Å². The van der Waals surface area contributed by atoms with Crippen LogP contribution in [-0.2, 0) is 16.6 Å². The lowest BCUT2D eigenvalue weighted by molar-refractivity contribution is 0.297. The molecule has 0 amide bonds. The fraction of sp³-hybridized carbons (Fsp3) is 0.154. The smallest absolute Gasteiger partial charge is 0.238 e. The first-order valence-corrected chi connectivity index (χ1v) is 8.98. The Kier molecular flexibility index (Phi) is 5.03. The number of hydrogen-bond acceptors (Lipinski definition) is 4. The Morgan fingerprint density at radius 2 is 1.86 bits per heavy atom.